The number of carbonyl (C=O) groups is 3. The molecule has 7 heteroatoms. The van der Waals surface area contributed by atoms with Gasteiger partial charge in [0.2, 0.25) is 5.91 Å². The van der Waals surface area contributed by atoms with E-state index in [1.54, 1.807) is 15.9 Å². The molecule has 1 aromatic carbocycles. The molecule has 2 amide bonds. The minimum absolute atomic E-state index is 0.0154. The first-order valence-electron chi connectivity index (χ1n) is 9.40. The van der Waals surface area contributed by atoms with Crippen molar-refractivity contribution in [2.24, 2.45) is 11.8 Å². The van der Waals surface area contributed by atoms with Crippen molar-refractivity contribution in [3.05, 3.63) is 53.5 Å². The molecular formula is C21H22N2O5. The molecule has 0 radical (unpaired) electrons. The molecule has 4 rings (SSSR count). The Kier molecular flexibility index (Phi) is 4.66. The molecule has 2 aromatic rings. The number of amides is 2. The van der Waals surface area contributed by atoms with Gasteiger partial charge in [-0.05, 0) is 30.0 Å². The zero-order valence-electron chi connectivity index (χ0n) is 15.6. The first-order chi connectivity index (χ1) is 13.4. The molecular weight excluding hydrogens is 360 g/mol. The highest BCUT2D eigenvalue weighted by atomic mass is 16.4. The number of carboxylic acid groups (broad SMARTS) is 1. The van der Waals surface area contributed by atoms with Gasteiger partial charge in [0.05, 0.1) is 25.1 Å². The van der Waals surface area contributed by atoms with E-state index in [4.69, 9.17) is 4.42 Å². The largest absolute Gasteiger partial charge is 0.481 e. The van der Waals surface area contributed by atoms with Crippen molar-refractivity contribution in [1.29, 1.82) is 0 Å². The van der Waals surface area contributed by atoms with Crippen molar-refractivity contribution in [3.8, 4) is 0 Å². The molecule has 2 aliphatic heterocycles. The highest BCUT2D eigenvalue weighted by molar-refractivity contribution is 6.01. The molecule has 0 saturated carbocycles. The van der Waals surface area contributed by atoms with Crippen molar-refractivity contribution in [2.75, 3.05) is 18.0 Å². The maximum Gasteiger partial charge on any atom is 0.308 e. The number of piperidine rings is 1. The Morgan fingerprint density at radius 1 is 1.21 bits per heavy atom. The quantitative estimate of drug-likeness (QED) is 0.878. The molecule has 3 heterocycles. The Balaban J connectivity index is 1.55. The van der Waals surface area contributed by atoms with Crippen molar-refractivity contribution >= 4 is 23.5 Å². The van der Waals surface area contributed by atoms with E-state index in [0.717, 1.165) is 11.3 Å². The number of fused-ring (bicyclic) bond motifs is 1. The molecule has 2 aliphatic rings. The predicted molar refractivity (Wildman–Crippen MR) is 101 cm³/mol. The number of furan rings is 1. The zero-order valence-corrected chi connectivity index (χ0v) is 15.6. The van der Waals surface area contributed by atoms with Gasteiger partial charge in [-0.2, -0.15) is 0 Å². The Morgan fingerprint density at radius 2 is 2.00 bits per heavy atom. The topological polar surface area (TPSA) is 91.1 Å². The van der Waals surface area contributed by atoms with Crippen molar-refractivity contribution in [1.82, 2.24) is 4.90 Å². The van der Waals surface area contributed by atoms with E-state index in [-0.39, 0.29) is 36.6 Å². The second kappa shape index (κ2) is 7.14. The number of benzene rings is 1. The molecule has 2 atom stereocenters. The number of anilines is 1. The third-order valence-electron chi connectivity index (χ3n) is 5.49. The number of aliphatic carboxylic acids is 1. The van der Waals surface area contributed by atoms with E-state index in [9.17, 15) is 19.5 Å². The lowest BCUT2D eigenvalue weighted by molar-refractivity contribution is -0.143. The molecule has 146 valence electrons. The average Bonchev–Trinajstić information content (AvgIpc) is 3.25. The Hall–Kier alpha value is -3.09. The SMILES string of the molecule is CC1CC(C(=O)O)CN(C(=O)c2occc2CN2C(=O)Cc3ccccc32)C1. The number of rotatable bonds is 4. The molecule has 7 nitrogen and oxygen atoms in total. The van der Waals surface area contributed by atoms with Crippen LogP contribution >= 0.6 is 0 Å². The zero-order chi connectivity index (χ0) is 19.8. The summed E-state index contributed by atoms with van der Waals surface area (Å²) in [5.41, 5.74) is 2.45. The van der Waals surface area contributed by atoms with Crippen LogP contribution in [0.2, 0.25) is 0 Å². The summed E-state index contributed by atoms with van der Waals surface area (Å²) >= 11 is 0. The highest BCUT2D eigenvalue weighted by Crippen LogP contribution is 2.31. The number of hydrogen-bond acceptors (Lipinski definition) is 4. The molecule has 1 saturated heterocycles. The summed E-state index contributed by atoms with van der Waals surface area (Å²) in [6.45, 7) is 2.86. The van der Waals surface area contributed by atoms with E-state index in [1.165, 1.54) is 6.26 Å². The summed E-state index contributed by atoms with van der Waals surface area (Å²) in [7, 11) is 0. The molecule has 1 fully saturated rings. The lowest BCUT2D eigenvalue weighted by atomic mass is 9.90. The number of carbonyl (C=O) groups excluding carboxylic acids is 2. The summed E-state index contributed by atoms with van der Waals surface area (Å²) in [4.78, 5) is 40.1. The fourth-order valence-electron chi connectivity index (χ4n) is 4.15. The van der Waals surface area contributed by atoms with Crippen LogP contribution in [0.25, 0.3) is 0 Å². The molecule has 0 bridgehead atoms. The van der Waals surface area contributed by atoms with Gasteiger partial charge in [-0.3, -0.25) is 14.4 Å². The van der Waals surface area contributed by atoms with Crippen molar-refractivity contribution in [2.45, 2.75) is 26.3 Å². The second-order valence-electron chi connectivity index (χ2n) is 7.65. The van der Waals surface area contributed by atoms with E-state index in [2.05, 4.69) is 0 Å². The van der Waals surface area contributed by atoms with Crippen molar-refractivity contribution in [3.63, 3.8) is 0 Å². The van der Waals surface area contributed by atoms with Gasteiger partial charge in [-0.25, -0.2) is 0 Å². The molecule has 28 heavy (non-hydrogen) atoms. The molecule has 0 aliphatic carbocycles. The Morgan fingerprint density at radius 3 is 2.79 bits per heavy atom. The number of hydrogen-bond donors (Lipinski definition) is 1. The smallest absolute Gasteiger partial charge is 0.308 e. The van der Waals surface area contributed by atoms with E-state index in [0.29, 0.717) is 24.9 Å². The van der Waals surface area contributed by atoms with E-state index in [1.807, 2.05) is 31.2 Å². The van der Waals surface area contributed by atoms with Gasteiger partial charge >= 0.3 is 5.97 Å². The number of carboxylic acids is 1. The van der Waals surface area contributed by atoms with Gasteiger partial charge in [-0.15, -0.1) is 0 Å². The lowest BCUT2D eigenvalue weighted by Gasteiger charge is -2.34. The van der Waals surface area contributed by atoms with Crippen molar-refractivity contribution < 1.29 is 23.9 Å². The van der Waals surface area contributed by atoms with Crippen LogP contribution in [0.4, 0.5) is 5.69 Å². The van der Waals surface area contributed by atoms with Crippen LogP contribution < -0.4 is 4.90 Å². The molecule has 1 aromatic heterocycles. The lowest BCUT2D eigenvalue weighted by Crippen LogP contribution is -2.45. The Labute approximate surface area is 162 Å². The number of likely N-dealkylation sites (tertiary alicyclic amines) is 1. The molecule has 2 unspecified atom stereocenters. The minimum Gasteiger partial charge on any atom is -0.481 e. The van der Waals surface area contributed by atoms with E-state index >= 15 is 0 Å². The summed E-state index contributed by atoms with van der Waals surface area (Å²) in [6.07, 6.45) is 2.35. The van der Waals surface area contributed by atoms with Crippen LogP contribution in [0.15, 0.2) is 41.0 Å². The van der Waals surface area contributed by atoms with Crippen LogP contribution in [0.1, 0.15) is 35.0 Å². The van der Waals surface area contributed by atoms with Crippen LogP contribution in [0.3, 0.4) is 0 Å². The first kappa shape index (κ1) is 18.3. The summed E-state index contributed by atoms with van der Waals surface area (Å²) in [6, 6.07) is 9.30. The van der Waals surface area contributed by atoms with Gasteiger partial charge in [0.1, 0.15) is 0 Å². The standard InChI is InChI=1S/C21H22N2O5/c1-13-8-16(21(26)27)11-22(10-13)20(25)19-15(6-7-28-19)12-23-17-5-3-2-4-14(17)9-18(23)24/h2-7,13,16H,8-12H2,1H3,(H,26,27). The summed E-state index contributed by atoms with van der Waals surface area (Å²) in [5.74, 6) is -1.52. The first-order valence-corrected chi connectivity index (χ1v) is 9.40. The fraction of sp³-hybridized carbons (Fsp3) is 0.381. The number of nitrogens with zero attached hydrogens (tertiary/aromatic N) is 2. The summed E-state index contributed by atoms with van der Waals surface area (Å²) in [5, 5.41) is 9.35. The average molecular weight is 382 g/mol. The van der Waals surface area contributed by atoms with Crippen LogP contribution in [0, 0.1) is 11.8 Å². The second-order valence-corrected chi connectivity index (χ2v) is 7.65. The van der Waals surface area contributed by atoms with Crippen LogP contribution in [0.5, 0.6) is 0 Å². The van der Waals surface area contributed by atoms with Gasteiger partial charge < -0.3 is 19.3 Å². The third-order valence-corrected chi connectivity index (χ3v) is 5.49. The van der Waals surface area contributed by atoms with Crippen LogP contribution in [-0.4, -0.2) is 40.9 Å². The fourth-order valence-corrected chi connectivity index (χ4v) is 4.15. The van der Waals surface area contributed by atoms with Gasteiger partial charge in [-0.1, -0.05) is 25.1 Å². The third kappa shape index (κ3) is 3.28. The normalized spacial score (nSPS) is 21.7. The number of para-hydroxylation sites is 1. The predicted octanol–water partition coefficient (Wildman–Crippen LogP) is 2.55. The minimum atomic E-state index is -0.886. The maximum absolute atomic E-state index is 13.0. The molecule has 0 spiro atoms. The van der Waals surface area contributed by atoms with Crippen LogP contribution in [-0.2, 0) is 22.6 Å². The Bertz CT molecular complexity index is 934. The highest BCUT2D eigenvalue weighted by Gasteiger charge is 2.35. The van der Waals surface area contributed by atoms with E-state index < -0.39 is 11.9 Å². The van der Waals surface area contributed by atoms with Gasteiger partial charge in [0.25, 0.3) is 5.91 Å². The van der Waals surface area contributed by atoms with Gasteiger partial charge in [0, 0.05) is 24.3 Å². The maximum atomic E-state index is 13.0. The monoisotopic (exact) mass is 382 g/mol. The molecule has 1 N–H and O–H groups in total. The van der Waals surface area contributed by atoms with Gasteiger partial charge in [0.15, 0.2) is 5.76 Å². The summed E-state index contributed by atoms with van der Waals surface area (Å²) < 4.78 is 5.47.